The molecule has 0 aliphatic heterocycles. The van der Waals surface area contributed by atoms with E-state index in [1.165, 1.54) is 19.2 Å². The van der Waals surface area contributed by atoms with Gasteiger partial charge in [0.25, 0.3) is 0 Å². The molecule has 4 nitrogen and oxygen atoms in total. The monoisotopic (exact) mass is 300 g/mol. The van der Waals surface area contributed by atoms with Crippen LogP contribution < -0.4 is 8.92 Å². The number of benzene rings is 2. The van der Waals surface area contributed by atoms with Crippen molar-refractivity contribution in [1.29, 1.82) is 0 Å². The maximum absolute atomic E-state index is 13.1. The zero-order chi connectivity index (χ0) is 14.8. The topological polar surface area (TPSA) is 52.6 Å². The molecule has 0 bridgehead atoms. The molecule has 0 radical (unpaired) electrons. The molecule has 0 N–H and O–H groups in total. The fourth-order valence-electron chi connectivity index (χ4n) is 1.49. The Morgan fingerprint density at radius 2 is 1.60 bits per heavy atom. The van der Waals surface area contributed by atoms with Gasteiger partial charge in [0.2, 0.25) is 0 Å². The second-order valence-corrected chi connectivity index (χ2v) is 5.31. The molecule has 0 saturated heterocycles. The summed E-state index contributed by atoms with van der Waals surface area (Å²) in [4.78, 5) is -0.484. The highest BCUT2D eigenvalue weighted by Crippen LogP contribution is 2.29. The molecule has 0 saturated carbocycles. The second kappa shape index (κ2) is 5.46. The second-order valence-electron chi connectivity index (χ2n) is 3.76. The van der Waals surface area contributed by atoms with Gasteiger partial charge in [0.1, 0.15) is 4.90 Å². The van der Waals surface area contributed by atoms with Crippen LogP contribution in [0.1, 0.15) is 0 Å². The lowest BCUT2D eigenvalue weighted by Crippen LogP contribution is -2.11. The SMILES string of the molecule is COc1ccccc1OS(=O)(=O)c1ccc(F)c(F)c1. The molecule has 0 atom stereocenters. The first-order chi connectivity index (χ1) is 9.44. The van der Waals surface area contributed by atoms with E-state index in [9.17, 15) is 17.2 Å². The summed E-state index contributed by atoms with van der Waals surface area (Å²) >= 11 is 0. The Kier molecular flexibility index (Phi) is 3.89. The summed E-state index contributed by atoms with van der Waals surface area (Å²) < 4.78 is 59.6. The summed E-state index contributed by atoms with van der Waals surface area (Å²) in [5.74, 6) is -2.24. The molecule has 0 aromatic heterocycles. The molecule has 2 aromatic carbocycles. The smallest absolute Gasteiger partial charge is 0.339 e. The van der Waals surface area contributed by atoms with Gasteiger partial charge in [-0.25, -0.2) is 8.78 Å². The molecule has 2 aromatic rings. The molecule has 106 valence electrons. The number of para-hydroxylation sites is 2. The minimum Gasteiger partial charge on any atom is -0.493 e. The molecule has 0 spiro atoms. The quantitative estimate of drug-likeness (QED) is 0.815. The first-order valence-electron chi connectivity index (χ1n) is 5.46. The Hall–Kier alpha value is -2.15. The van der Waals surface area contributed by atoms with Gasteiger partial charge in [-0.1, -0.05) is 12.1 Å². The highest BCUT2D eigenvalue weighted by atomic mass is 32.2. The number of rotatable bonds is 4. The van der Waals surface area contributed by atoms with E-state index in [2.05, 4.69) is 0 Å². The predicted octanol–water partition coefficient (Wildman–Crippen LogP) is 2.74. The van der Waals surface area contributed by atoms with Crippen molar-refractivity contribution >= 4 is 10.1 Å². The van der Waals surface area contributed by atoms with Crippen LogP contribution >= 0.6 is 0 Å². The van der Waals surface area contributed by atoms with Gasteiger partial charge in [-0.05, 0) is 30.3 Å². The Morgan fingerprint density at radius 1 is 0.950 bits per heavy atom. The molecular weight excluding hydrogens is 290 g/mol. The standard InChI is InChI=1S/C13H10F2O4S/c1-18-12-4-2-3-5-13(12)19-20(16,17)9-6-7-10(14)11(15)8-9/h2-8H,1H3. The maximum atomic E-state index is 13.1. The molecule has 20 heavy (non-hydrogen) atoms. The maximum Gasteiger partial charge on any atom is 0.339 e. The zero-order valence-electron chi connectivity index (χ0n) is 10.3. The van der Waals surface area contributed by atoms with Gasteiger partial charge in [0, 0.05) is 0 Å². The van der Waals surface area contributed by atoms with Gasteiger partial charge in [-0.2, -0.15) is 8.42 Å². The van der Waals surface area contributed by atoms with Crippen LogP contribution in [0, 0.1) is 11.6 Å². The molecule has 2 rings (SSSR count). The van der Waals surface area contributed by atoms with E-state index < -0.39 is 26.6 Å². The zero-order valence-corrected chi connectivity index (χ0v) is 11.2. The minimum atomic E-state index is -4.27. The molecule has 7 heteroatoms. The molecule has 0 heterocycles. The Morgan fingerprint density at radius 3 is 2.20 bits per heavy atom. The van der Waals surface area contributed by atoms with Gasteiger partial charge in [0.15, 0.2) is 23.1 Å². The van der Waals surface area contributed by atoms with Crippen molar-refractivity contribution < 1.29 is 26.1 Å². The van der Waals surface area contributed by atoms with Crippen molar-refractivity contribution in [3.8, 4) is 11.5 Å². The Bertz CT molecular complexity index is 729. The summed E-state index contributed by atoms with van der Waals surface area (Å²) in [6.45, 7) is 0. The highest BCUT2D eigenvalue weighted by molar-refractivity contribution is 7.87. The van der Waals surface area contributed by atoms with Gasteiger partial charge < -0.3 is 8.92 Å². The van der Waals surface area contributed by atoms with Crippen LogP contribution in [0.25, 0.3) is 0 Å². The normalized spacial score (nSPS) is 11.2. The van der Waals surface area contributed by atoms with E-state index in [1.807, 2.05) is 0 Å². The summed E-state index contributed by atoms with van der Waals surface area (Å²) in [6, 6.07) is 8.28. The molecule has 0 aliphatic rings. The lowest BCUT2D eigenvalue weighted by atomic mass is 10.3. The van der Waals surface area contributed by atoms with Crippen molar-refractivity contribution in [3.63, 3.8) is 0 Å². The van der Waals surface area contributed by atoms with Gasteiger partial charge in [-0.15, -0.1) is 0 Å². The summed E-state index contributed by atoms with van der Waals surface area (Å²) in [6.07, 6.45) is 0. The van der Waals surface area contributed by atoms with Crippen LogP contribution in [0.4, 0.5) is 8.78 Å². The predicted molar refractivity (Wildman–Crippen MR) is 67.2 cm³/mol. The number of halogens is 2. The molecule has 0 fully saturated rings. The van der Waals surface area contributed by atoms with Gasteiger partial charge >= 0.3 is 10.1 Å². The van der Waals surface area contributed by atoms with Crippen LogP contribution in [0.3, 0.4) is 0 Å². The molecule has 0 amide bonds. The number of ether oxygens (including phenoxy) is 1. The van der Waals surface area contributed by atoms with E-state index in [1.54, 1.807) is 12.1 Å². The van der Waals surface area contributed by atoms with Crippen LogP contribution in [-0.4, -0.2) is 15.5 Å². The van der Waals surface area contributed by atoms with E-state index in [0.717, 1.165) is 6.07 Å². The van der Waals surface area contributed by atoms with Crippen molar-refractivity contribution in [1.82, 2.24) is 0 Å². The lowest BCUT2D eigenvalue weighted by Gasteiger charge is -2.10. The van der Waals surface area contributed by atoms with E-state index >= 15 is 0 Å². The third-order valence-corrected chi connectivity index (χ3v) is 3.68. The third-order valence-electron chi connectivity index (χ3n) is 2.45. The largest absolute Gasteiger partial charge is 0.493 e. The van der Waals surface area contributed by atoms with Crippen molar-refractivity contribution in [2.45, 2.75) is 4.90 Å². The summed E-state index contributed by atoms with van der Waals surface area (Å²) in [7, 11) is -2.92. The lowest BCUT2D eigenvalue weighted by molar-refractivity contribution is 0.390. The molecule has 0 aliphatic carbocycles. The fraction of sp³-hybridized carbons (Fsp3) is 0.0769. The minimum absolute atomic E-state index is 0.0419. The number of methoxy groups -OCH3 is 1. The van der Waals surface area contributed by atoms with E-state index in [4.69, 9.17) is 8.92 Å². The number of hydrogen-bond donors (Lipinski definition) is 0. The van der Waals surface area contributed by atoms with Crippen LogP contribution in [0.5, 0.6) is 11.5 Å². The third kappa shape index (κ3) is 2.88. The van der Waals surface area contributed by atoms with Crippen LogP contribution in [0.15, 0.2) is 47.4 Å². The fourth-order valence-corrected chi connectivity index (χ4v) is 2.44. The molecular formula is C13H10F2O4S. The average Bonchev–Trinajstić information content (AvgIpc) is 2.42. The highest BCUT2D eigenvalue weighted by Gasteiger charge is 2.20. The molecule has 0 unspecified atom stereocenters. The first kappa shape index (κ1) is 14.3. The van der Waals surface area contributed by atoms with E-state index in [-0.39, 0.29) is 11.5 Å². The van der Waals surface area contributed by atoms with E-state index in [0.29, 0.717) is 12.1 Å². The van der Waals surface area contributed by atoms with Crippen molar-refractivity contribution in [2.75, 3.05) is 7.11 Å². The van der Waals surface area contributed by atoms with Crippen molar-refractivity contribution in [2.24, 2.45) is 0 Å². The van der Waals surface area contributed by atoms with Gasteiger partial charge in [0.05, 0.1) is 7.11 Å². The van der Waals surface area contributed by atoms with Crippen molar-refractivity contribution in [3.05, 3.63) is 54.1 Å². The first-order valence-corrected chi connectivity index (χ1v) is 6.87. The Labute approximate surface area is 114 Å². The van der Waals surface area contributed by atoms with Crippen LogP contribution in [0.2, 0.25) is 0 Å². The van der Waals surface area contributed by atoms with Crippen LogP contribution in [-0.2, 0) is 10.1 Å². The Balaban J connectivity index is 2.38. The average molecular weight is 300 g/mol. The van der Waals surface area contributed by atoms with Gasteiger partial charge in [-0.3, -0.25) is 0 Å². The summed E-state index contributed by atoms with van der Waals surface area (Å²) in [5.41, 5.74) is 0. The number of hydrogen-bond acceptors (Lipinski definition) is 4. The summed E-state index contributed by atoms with van der Waals surface area (Å²) in [5, 5.41) is 0.